The predicted octanol–water partition coefficient (Wildman–Crippen LogP) is 4.37. The van der Waals surface area contributed by atoms with Crippen LogP contribution in [0.5, 0.6) is 0 Å². The van der Waals surface area contributed by atoms with E-state index in [1.807, 2.05) is 26.8 Å². The molecule has 28 heavy (non-hydrogen) atoms. The van der Waals surface area contributed by atoms with Gasteiger partial charge in [-0.1, -0.05) is 41.9 Å². The molecular weight excluding hydrogens is 419 g/mol. The molecule has 1 N–H and O–H groups in total. The highest BCUT2D eigenvalue weighted by Crippen LogP contribution is 2.25. The maximum atomic E-state index is 12.6. The van der Waals surface area contributed by atoms with Gasteiger partial charge in [0.05, 0.1) is 23.0 Å². The molecule has 1 heterocycles. The third-order valence-electron chi connectivity index (χ3n) is 3.67. The number of carbonyl (C=O) groups is 2. The number of hydrogen-bond donors (Lipinski definition) is 1. The molecule has 6 nitrogen and oxygen atoms in total. The molecule has 2 rings (SSSR count). The van der Waals surface area contributed by atoms with Gasteiger partial charge in [0.2, 0.25) is 11.8 Å². The van der Waals surface area contributed by atoms with Crippen LogP contribution < -0.4 is 5.32 Å². The number of benzene rings is 1. The van der Waals surface area contributed by atoms with E-state index >= 15 is 0 Å². The molecule has 150 valence electrons. The summed E-state index contributed by atoms with van der Waals surface area (Å²) in [5.41, 5.74) is 2.12. The van der Waals surface area contributed by atoms with Crippen molar-refractivity contribution in [3.05, 3.63) is 45.7 Å². The van der Waals surface area contributed by atoms with Gasteiger partial charge in [-0.05, 0) is 44.5 Å². The number of nitrogens with one attached hydrogen (secondary N) is 1. The average Bonchev–Trinajstić information content (AvgIpc) is 2.61. The summed E-state index contributed by atoms with van der Waals surface area (Å²) in [6.45, 7) is 6.13. The first-order valence-electron chi connectivity index (χ1n) is 8.76. The number of aromatic nitrogens is 2. The fourth-order valence-corrected chi connectivity index (χ4v) is 3.68. The van der Waals surface area contributed by atoms with E-state index in [4.69, 9.17) is 23.2 Å². The van der Waals surface area contributed by atoms with E-state index in [9.17, 15) is 9.59 Å². The van der Waals surface area contributed by atoms with Crippen molar-refractivity contribution in [1.82, 2.24) is 14.9 Å². The fourth-order valence-electron chi connectivity index (χ4n) is 2.49. The summed E-state index contributed by atoms with van der Waals surface area (Å²) >= 11 is 13.3. The van der Waals surface area contributed by atoms with Crippen LogP contribution >= 0.6 is 35.0 Å². The highest BCUT2D eigenvalue weighted by molar-refractivity contribution is 7.99. The first kappa shape index (κ1) is 22.5. The maximum absolute atomic E-state index is 12.6. The number of hydrogen-bond acceptors (Lipinski definition) is 5. The van der Waals surface area contributed by atoms with Gasteiger partial charge in [-0.3, -0.25) is 9.59 Å². The molecule has 0 saturated heterocycles. The first-order valence-corrected chi connectivity index (χ1v) is 10.5. The second-order valence-electron chi connectivity index (χ2n) is 6.21. The monoisotopic (exact) mass is 440 g/mol. The lowest BCUT2D eigenvalue weighted by Gasteiger charge is -2.21. The van der Waals surface area contributed by atoms with Gasteiger partial charge in [0, 0.05) is 23.0 Å². The number of amides is 2. The molecule has 0 fully saturated rings. The quantitative estimate of drug-likeness (QED) is 0.487. The summed E-state index contributed by atoms with van der Waals surface area (Å²) in [5, 5.41) is 4.10. The van der Waals surface area contributed by atoms with Gasteiger partial charge in [0.1, 0.15) is 0 Å². The Morgan fingerprint density at radius 1 is 1.14 bits per heavy atom. The second kappa shape index (κ2) is 10.6. The van der Waals surface area contributed by atoms with Gasteiger partial charge in [0.25, 0.3) is 0 Å². The topological polar surface area (TPSA) is 75.2 Å². The SMILES string of the molecule is CCCN(CC(=O)Nc1cc(Cl)ccc1Cl)C(=O)CSc1nc(C)cc(C)n1. The van der Waals surface area contributed by atoms with Crippen molar-refractivity contribution in [2.75, 3.05) is 24.2 Å². The van der Waals surface area contributed by atoms with Crippen LogP contribution in [-0.2, 0) is 9.59 Å². The Kier molecular flexibility index (Phi) is 8.54. The summed E-state index contributed by atoms with van der Waals surface area (Å²) in [6, 6.07) is 6.69. The van der Waals surface area contributed by atoms with Crippen molar-refractivity contribution in [2.24, 2.45) is 0 Å². The third-order valence-corrected chi connectivity index (χ3v) is 5.07. The molecule has 0 unspecified atom stereocenters. The number of aryl methyl sites for hydroxylation is 2. The highest BCUT2D eigenvalue weighted by atomic mass is 35.5. The number of anilines is 1. The minimum Gasteiger partial charge on any atom is -0.333 e. The number of carbonyl (C=O) groups excluding carboxylic acids is 2. The normalized spacial score (nSPS) is 10.6. The van der Waals surface area contributed by atoms with Crippen molar-refractivity contribution in [2.45, 2.75) is 32.3 Å². The molecule has 1 aromatic carbocycles. The minimum absolute atomic E-state index is 0.0657. The summed E-state index contributed by atoms with van der Waals surface area (Å²) in [7, 11) is 0. The van der Waals surface area contributed by atoms with Gasteiger partial charge in [-0.2, -0.15) is 0 Å². The average molecular weight is 441 g/mol. The smallest absolute Gasteiger partial charge is 0.244 e. The highest BCUT2D eigenvalue weighted by Gasteiger charge is 2.18. The molecule has 0 aliphatic rings. The molecule has 0 radical (unpaired) electrons. The number of thioether (sulfide) groups is 1. The Bertz CT molecular complexity index is 844. The zero-order chi connectivity index (χ0) is 20.7. The zero-order valence-corrected chi connectivity index (χ0v) is 18.3. The van der Waals surface area contributed by atoms with Crippen molar-refractivity contribution in [3.63, 3.8) is 0 Å². The lowest BCUT2D eigenvalue weighted by atomic mass is 10.3. The molecule has 0 bridgehead atoms. The van der Waals surface area contributed by atoms with Crippen LogP contribution in [0.4, 0.5) is 5.69 Å². The summed E-state index contributed by atoms with van der Waals surface area (Å²) in [4.78, 5) is 35.2. The molecule has 9 heteroatoms. The number of nitrogens with zero attached hydrogens (tertiary/aromatic N) is 3. The van der Waals surface area contributed by atoms with E-state index < -0.39 is 0 Å². The predicted molar refractivity (Wildman–Crippen MR) is 114 cm³/mol. The molecule has 0 aliphatic heterocycles. The van der Waals surface area contributed by atoms with E-state index in [0.29, 0.717) is 27.4 Å². The number of halogens is 2. The van der Waals surface area contributed by atoms with E-state index in [1.165, 1.54) is 16.7 Å². The number of rotatable bonds is 8. The minimum atomic E-state index is -0.335. The molecule has 2 amide bonds. The molecule has 1 aromatic heterocycles. The van der Waals surface area contributed by atoms with Crippen molar-refractivity contribution >= 4 is 52.5 Å². The summed E-state index contributed by atoms with van der Waals surface area (Å²) in [5.74, 6) is -0.325. The molecule has 0 saturated carbocycles. The summed E-state index contributed by atoms with van der Waals surface area (Å²) < 4.78 is 0. The zero-order valence-electron chi connectivity index (χ0n) is 16.0. The van der Waals surface area contributed by atoms with Crippen LogP contribution in [-0.4, -0.2) is 45.5 Å². The lowest BCUT2D eigenvalue weighted by Crippen LogP contribution is -2.39. The van der Waals surface area contributed by atoms with Crippen molar-refractivity contribution in [1.29, 1.82) is 0 Å². The molecular formula is C19H22Cl2N4O2S. The Balaban J connectivity index is 1.97. The Hall–Kier alpha value is -1.83. The Morgan fingerprint density at radius 2 is 1.82 bits per heavy atom. The van der Waals surface area contributed by atoms with Crippen LogP contribution in [0.3, 0.4) is 0 Å². The van der Waals surface area contributed by atoms with Crippen LogP contribution in [0.2, 0.25) is 10.0 Å². The van der Waals surface area contributed by atoms with E-state index in [-0.39, 0.29) is 24.1 Å². The van der Waals surface area contributed by atoms with Gasteiger partial charge in [0.15, 0.2) is 5.16 Å². The molecule has 0 aliphatic carbocycles. The largest absolute Gasteiger partial charge is 0.333 e. The van der Waals surface area contributed by atoms with Crippen LogP contribution in [0.15, 0.2) is 29.4 Å². The van der Waals surface area contributed by atoms with Gasteiger partial charge >= 0.3 is 0 Å². The van der Waals surface area contributed by atoms with Gasteiger partial charge in [-0.15, -0.1) is 0 Å². The molecule has 0 spiro atoms. The first-order chi connectivity index (χ1) is 13.3. The van der Waals surface area contributed by atoms with Crippen molar-refractivity contribution < 1.29 is 9.59 Å². The third kappa shape index (κ3) is 6.96. The molecule has 2 aromatic rings. The Labute approximate surface area is 179 Å². The van der Waals surface area contributed by atoms with E-state index in [0.717, 1.165) is 17.8 Å². The van der Waals surface area contributed by atoms with Crippen LogP contribution in [0, 0.1) is 13.8 Å². The van der Waals surface area contributed by atoms with E-state index in [1.54, 1.807) is 18.2 Å². The Morgan fingerprint density at radius 3 is 2.46 bits per heavy atom. The fraction of sp³-hybridized carbons (Fsp3) is 0.368. The van der Waals surface area contributed by atoms with Crippen LogP contribution in [0.1, 0.15) is 24.7 Å². The maximum Gasteiger partial charge on any atom is 0.244 e. The van der Waals surface area contributed by atoms with Crippen molar-refractivity contribution in [3.8, 4) is 0 Å². The van der Waals surface area contributed by atoms with Gasteiger partial charge < -0.3 is 10.2 Å². The summed E-state index contributed by atoms with van der Waals surface area (Å²) in [6.07, 6.45) is 0.738. The molecule has 0 atom stereocenters. The van der Waals surface area contributed by atoms with Crippen LogP contribution in [0.25, 0.3) is 0 Å². The van der Waals surface area contributed by atoms with Gasteiger partial charge in [-0.25, -0.2) is 9.97 Å². The second-order valence-corrected chi connectivity index (χ2v) is 8.00. The standard InChI is InChI=1S/C19H22Cl2N4O2S/c1-4-7-25(10-17(26)24-16-9-14(20)5-6-15(16)21)18(27)11-28-19-22-12(2)8-13(3)23-19/h5-6,8-9H,4,7,10-11H2,1-3H3,(H,24,26). The lowest BCUT2D eigenvalue weighted by molar-refractivity contribution is -0.132. The van der Waals surface area contributed by atoms with E-state index in [2.05, 4.69) is 15.3 Å².